The van der Waals surface area contributed by atoms with Crippen LogP contribution in [0, 0.1) is 31.1 Å². The molecule has 2 heterocycles. The van der Waals surface area contributed by atoms with Crippen LogP contribution in [0.3, 0.4) is 0 Å². The van der Waals surface area contributed by atoms with Crippen LogP contribution in [0.25, 0.3) is 0 Å². The fraction of sp³-hybridized carbons (Fsp3) is 0.364. The molecule has 8 heteroatoms. The summed E-state index contributed by atoms with van der Waals surface area (Å²) < 4.78 is 5.60. The minimum atomic E-state index is -0.887. The molecule has 156 valence electrons. The quantitative estimate of drug-likeness (QED) is 0.749. The van der Waals surface area contributed by atoms with Crippen LogP contribution in [0.5, 0.6) is 5.88 Å². The van der Waals surface area contributed by atoms with Gasteiger partial charge >= 0.3 is 5.97 Å². The lowest BCUT2D eigenvalue weighted by molar-refractivity contribution is -0.138. The second-order valence-electron chi connectivity index (χ2n) is 7.91. The maximum Gasteiger partial charge on any atom is 0.304 e. The van der Waals surface area contributed by atoms with Gasteiger partial charge in [0, 0.05) is 11.0 Å². The zero-order valence-corrected chi connectivity index (χ0v) is 17.4. The highest BCUT2D eigenvalue weighted by Crippen LogP contribution is 2.32. The Labute approximate surface area is 175 Å². The number of carbonyl (C=O) groups is 2. The van der Waals surface area contributed by atoms with E-state index < -0.39 is 11.4 Å². The van der Waals surface area contributed by atoms with Gasteiger partial charge in [-0.3, -0.25) is 9.59 Å². The number of carboxylic acid groups (broad SMARTS) is 1. The summed E-state index contributed by atoms with van der Waals surface area (Å²) >= 11 is 0. The number of aliphatic carboxylic acids is 1. The second-order valence-corrected chi connectivity index (χ2v) is 7.91. The predicted octanol–water partition coefficient (Wildman–Crippen LogP) is 2.57. The first-order valence-electron chi connectivity index (χ1n) is 9.50. The summed E-state index contributed by atoms with van der Waals surface area (Å²) in [5.41, 5.74) is 8.68. The fourth-order valence-electron chi connectivity index (χ4n) is 3.49. The molecule has 0 bridgehead atoms. The SMILES string of the molecule is Cc1cc(C#CC(C)(C)CC(=O)O)cc(C)c1N1CCOc2ncnc(N)c2C1=O. The number of fused-ring (bicyclic) bond motifs is 1. The average molecular weight is 408 g/mol. The third kappa shape index (κ3) is 4.35. The van der Waals surface area contributed by atoms with Crippen LogP contribution in [0.1, 0.15) is 47.3 Å². The van der Waals surface area contributed by atoms with E-state index in [1.54, 1.807) is 18.7 Å². The van der Waals surface area contributed by atoms with Gasteiger partial charge in [0.25, 0.3) is 5.91 Å². The molecule has 0 radical (unpaired) electrons. The normalized spacial score (nSPS) is 13.6. The molecule has 2 aromatic rings. The van der Waals surface area contributed by atoms with Gasteiger partial charge in [-0.15, -0.1) is 0 Å². The lowest BCUT2D eigenvalue weighted by atomic mass is 9.90. The van der Waals surface area contributed by atoms with Gasteiger partial charge in [0.15, 0.2) is 0 Å². The molecule has 0 unspecified atom stereocenters. The third-order valence-corrected chi connectivity index (χ3v) is 4.75. The number of aryl methyl sites for hydroxylation is 2. The molecule has 8 nitrogen and oxygen atoms in total. The lowest BCUT2D eigenvalue weighted by Gasteiger charge is -2.24. The zero-order chi connectivity index (χ0) is 22.1. The number of nitrogens with two attached hydrogens (primary N) is 1. The number of nitrogen functional groups attached to an aromatic ring is 1. The maximum atomic E-state index is 13.2. The fourth-order valence-corrected chi connectivity index (χ4v) is 3.49. The standard InChI is InChI=1S/C22H24N4O4/c1-13-9-15(5-6-22(3,4)11-16(27)28)10-14(2)18(13)26-7-8-30-20-17(21(26)29)19(23)24-12-25-20/h9-10,12H,7-8,11H2,1-4H3,(H,27,28)(H2,23,24,25). The summed E-state index contributed by atoms with van der Waals surface area (Å²) in [4.78, 5) is 33.8. The van der Waals surface area contributed by atoms with E-state index in [1.807, 2.05) is 26.0 Å². The Bertz CT molecular complexity index is 1060. The highest BCUT2D eigenvalue weighted by molar-refractivity contribution is 6.11. The van der Waals surface area contributed by atoms with Crippen LogP contribution in [-0.4, -0.2) is 40.1 Å². The number of nitrogens with zero attached hydrogens (tertiary/aromatic N) is 3. The van der Waals surface area contributed by atoms with Crippen LogP contribution in [0.2, 0.25) is 0 Å². The molecule has 0 fully saturated rings. The van der Waals surface area contributed by atoms with Crippen molar-refractivity contribution in [2.45, 2.75) is 34.1 Å². The van der Waals surface area contributed by atoms with Gasteiger partial charge in [-0.25, -0.2) is 9.97 Å². The van der Waals surface area contributed by atoms with Gasteiger partial charge in [0.1, 0.15) is 24.3 Å². The molecule has 3 N–H and O–H groups in total. The second kappa shape index (κ2) is 8.03. The highest BCUT2D eigenvalue weighted by atomic mass is 16.5. The molecule has 1 amide bonds. The molecule has 3 rings (SSSR count). The Morgan fingerprint density at radius 1 is 1.30 bits per heavy atom. The molecule has 1 aromatic heterocycles. The van der Waals surface area contributed by atoms with Gasteiger partial charge < -0.3 is 20.5 Å². The summed E-state index contributed by atoms with van der Waals surface area (Å²) in [6.07, 6.45) is 1.23. The van der Waals surface area contributed by atoms with Crippen LogP contribution in [0.4, 0.5) is 11.5 Å². The molecule has 30 heavy (non-hydrogen) atoms. The van der Waals surface area contributed by atoms with E-state index in [2.05, 4.69) is 21.8 Å². The zero-order valence-electron chi connectivity index (χ0n) is 17.4. The topological polar surface area (TPSA) is 119 Å². The smallest absolute Gasteiger partial charge is 0.304 e. The first-order chi connectivity index (χ1) is 14.1. The largest absolute Gasteiger partial charge is 0.481 e. The molecule has 0 spiro atoms. The van der Waals surface area contributed by atoms with E-state index in [9.17, 15) is 9.59 Å². The number of carboxylic acids is 1. The van der Waals surface area contributed by atoms with Crippen LogP contribution < -0.4 is 15.4 Å². The maximum absolute atomic E-state index is 13.2. The molecule has 1 aliphatic rings. The minimum absolute atomic E-state index is 0.0404. The van der Waals surface area contributed by atoms with E-state index in [4.69, 9.17) is 15.6 Å². The Morgan fingerprint density at radius 2 is 1.97 bits per heavy atom. The van der Waals surface area contributed by atoms with E-state index in [0.29, 0.717) is 6.54 Å². The lowest BCUT2D eigenvalue weighted by Crippen LogP contribution is -2.34. The first-order valence-corrected chi connectivity index (χ1v) is 9.50. The van der Waals surface area contributed by atoms with Gasteiger partial charge in [0.05, 0.1) is 18.7 Å². The van der Waals surface area contributed by atoms with Crippen molar-refractivity contribution < 1.29 is 19.4 Å². The molecule has 0 atom stereocenters. The van der Waals surface area contributed by atoms with Gasteiger partial charge in [-0.2, -0.15) is 0 Å². The van der Waals surface area contributed by atoms with Crippen LogP contribution >= 0.6 is 0 Å². The Hall–Kier alpha value is -3.60. The predicted molar refractivity (Wildman–Crippen MR) is 112 cm³/mol. The van der Waals surface area contributed by atoms with Gasteiger partial charge in [-0.1, -0.05) is 11.8 Å². The van der Waals surface area contributed by atoms with Crippen LogP contribution in [-0.2, 0) is 4.79 Å². The van der Waals surface area contributed by atoms with Crippen molar-refractivity contribution in [2.75, 3.05) is 23.8 Å². The minimum Gasteiger partial charge on any atom is -0.481 e. The summed E-state index contributed by atoms with van der Waals surface area (Å²) in [6.45, 7) is 8.01. The highest BCUT2D eigenvalue weighted by Gasteiger charge is 2.30. The Morgan fingerprint density at radius 3 is 2.60 bits per heavy atom. The monoisotopic (exact) mass is 408 g/mol. The summed E-state index contributed by atoms with van der Waals surface area (Å²) in [5.74, 6) is 5.17. The number of rotatable bonds is 3. The summed E-state index contributed by atoms with van der Waals surface area (Å²) in [6, 6.07) is 3.77. The number of anilines is 2. The van der Waals surface area contributed by atoms with Crippen molar-refractivity contribution in [1.29, 1.82) is 0 Å². The Kier molecular flexibility index (Phi) is 5.65. The van der Waals surface area contributed by atoms with E-state index in [-0.39, 0.29) is 36.2 Å². The molecule has 0 saturated carbocycles. The molecular formula is C22H24N4O4. The number of carbonyl (C=O) groups excluding carboxylic acids is 1. The summed E-state index contributed by atoms with van der Waals surface area (Å²) in [5, 5.41) is 9.02. The number of ether oxygens (including phenoxy) is 1. The van der Waals surface area contributed by atoms with Crippen molar-refractivity contribution >= 4 is 23.4 Å². The number of hydrogen-bond acceptors (Lipinski definition) is 6. The van der Waals surface area contributed by atoms with Crippen molar-refractivity contribution in [2.24, 2.45) is 5.41 Å². The van der Waals surface area contributed by atoms with Crippen LogP contribution in [0.15, 0.2) is 18.5 Å². The number of aromatic nitrogens is 2. The van der Waals surface area contributed by atoms with Gasteiger partial charge in [-0.05, 0) is 51.0 Å². The number of hydrogen-bond donors (Lipinski definition) is 2. The molecular weight excluding hydrogens is 384 g/mol. The average Bonchev–Trinajstić information content (AvgIpc) is 2.79. The first kappa shape index (κ1) is 21.1. The summed E-state index contributed by atoms with van der Waals surface area (Å²) in [7, 11) is 0. The molecule has 0 aliphatic carbocycles. The van der Waals surface area contributed by atoms with E-state index in [0.717, 1.165) is 22.4 Å². The van der Waals surface area contributed by atoms with Crippen molar-refractivity contribution in [1.82, 2.24) is 9.97 Å². The molecule has 0 saturated heterocycles. The molecule has 1 aromatic carbocycles. The van der Waals surface area contributed by atoms with Gasteiger partial charge in [0.2, 0.25) is 5.88 Å². The number of amides is 1. The van der Waals surface area contributed by atoms with Crippen molar-refractivity contribution in [3.8, 4) is 17.7 Å². The Balaban J connectivity index is 1.98. The third-order valence-electron chi connectivity index (χ3n) is 4.75. The van der Waals surface area contributed by atoms with Crippen molar-refractivity contribution in [3.05, 3.63) is 40.7 Å². The van der Waals surface area contributed by atoms with E-state index in [1.165, 1.54) is 6.33 Å². The number of benzene rings is 1. The van der Waals surface area contributed by atoms with Crippen molar-refractivity contribution in [3.63, 3.8) is 0 Å². The van der Waals surface area contributed by atoms with E-state index >= 15 is 0 Å². The molecule has 1 aliphatic heterocycles.